The number of nitrogens with zero attached hydrogens (tertiary/aromatic N) is 6. The normalized spacial score (nSPS) is 17.3. The van der Waals surface area contributed by atoms with Crippen molar-refractivity contribution < 1.29 is 9.26 Å². The highest BCUT2D eigenvalue weighted by molar-refractivity contribution is 7.13. The van der Waals surface area contributed by atoms with Crippen molar-refractivity contribution in [1.82, 2.24) is 30.1 Å². The van der Waals surface area contributed by atoms with Crippen LogP contribution >= 0.6 is 11.3 Å². The van der Waals surface area contributed by atoms with Gasteiger partial charge in [0.15, 0.2) is 5.82 Å². The third kappa shape index (κ3) is 4.69. The van der Waals surface area contributed by atoms with Gasteiger partial charge in [-0.25, -0.2) is 0 Å². The number of aromatic nitrogens is 4. The van der Waals surface area contributed by atoms with Crippen molar-refractivity contribution in [3.8, 4) is 5.19 Å². The van der Waals surface area contributed by atoms with Gasteiger partial charge in [-0.15, -0.1) is 10.2 Å². The molecule has 1 aliphatic heterocycles. The van der Waals surface area contributed by atoms with Crippen molar-refractivity contribution in [2.24, 2.45) is 0 Å². The van der Waals surface area contributed by atoms with Gasteiger partial charge in [0, 0.05) is 20.0 Å². The van der Waals surface area contributed by atoms with Crippen molar-refractivity contribution in [3.63, 3.8) is 0 Å². The molecular formula is C14H22N6O2S. The molecule has 0 unspecified atom stereocenters. The molecule has 0 spiro atoms. The molecule has 9 heteroatoms. The zero-order chi connectivity index (χ0) is 16.1. The van der Waals surface area contributed by atoms with E-state index in [0.29, 0.717) is 17.7 Å². The lowest BCUT2D eigenvalue weighted by Gasteiger charge is -2.19. The van der Waals surface area contributed by atoms with E-state index in [1.165, 1.54) is 11.3 Å². The van der Waals surface area contributed by atoms with Crippen LogP contribution < -0.4 is 4.74 Å². The Morgan fingerprint density at radius 1 is 1.13 bits per heavy atom. The zero-order valence-electron chi connectivity index (χ0n) is 13.6. The molecule has 1 aliphatic rings. The molecule has 2 aromatic heterocycles. The fraction of sp³-hybridized carbons (Fsp3) is 0.714. The van der Waals surface area contributed by atoms with E-state index in [0.717, 1.165) is 56.5 Å². The Balaban J connectivity index is 1.49. The Bertz CT molecular complexity index is 616. The molecule has 0 radical (unpaired) electrons. The summed E-state index contributed by atoms with van der Waals surface area (Å²) in [6, 6.07) is 0. The lowest BCUT2D eigenvalue weighted by atomic mass is 10.4. The van der Waals surface area contributed by atoms with Crippen LogP contribution in [0.2, 0.25) is 0 Å². The van der Waals surface area contributed by atoms with Crippen LogP contribution in [0.25, 0.3) is 0 Å². The van der Waals surface area contributed by atoms with Crippen LogP contribution in [0.4, 0.5) is 0 Å². The van der Waals surface area contributed by atoms with Crippen LogP contribution in [-0.4, -0.2) is 62.9 Å². The van der Waals surface area contributed by atoms with Gasteiger partial charge in [0.1, 0.15) is 5.01 Å². The van der Waals surface area contributed by atoms with Crippen LogP contribution in [0.1, 0.15) is 30.1 Å². The minimum Gasteiger partial charge on any atom is -0.469 e. The molecule has 2 aromatic rings. The molecule has 0 aromatic carbocycles. The Morgan fingerprint density at radius 2 is 1.91 bits per heavy atom. The molecule has 3 heterocycles. The van der Waals surface area contributed by atoms with Gasteiger partial charge >= 0.3 is 0 Å². The van der Waals surface area contributed by atoms with Crippen molar-refractivity contribution >= 4 is 11.3 Å². The molecule has 23 heavy (non-hydrogen) atoms. The van der Waals surface area contributed by atoms with Crippen molar-refractivity contribution in [3.05, 3.63) is 16.7 Å². The van der Waals surface area contributed by atoms with Crippen LogP contribution in [0.15, 0.2) is 4.52 Å². The second-order valence-corrected chi connectivity index (χ2v) is 6.55. The molecule has 0 N–H and O–H groups in total. The SMILES string of the molecule is CCOc1nnc(CN2CCCN(Cc3noc(C)n3)CC2)s1. The summed E-state index contributed by atoms with van der Waals surface area (Å²) in [7, 11) is 0. The molecular weight excluding hydrogens is 316 g/mol. The van der Waals surface area contributed by atoms with Gasteiger partial charge in [-0.1, -0.05) is 16.5 Å². The number of hydrogen-bond donors (Lipinski definition) is 0. The largest absolute Gasteiger partial charge is 0.469 e. The second-order valence-electron chi connectivity index (χ2n) is 5.53. The van der Waals surface area contributed by atoms with Gasteiger partial charge in [-0.05, 0) is 26.4 Å². The van der Waals surface area contributed by atoms with Crippen LogP contribution in [0.3, 0.4) is 0 Å². The van der Waals surface area contributed by atoms with E-state index >= 15 is 0 Å². The van der Waals surface area contributed by atoms with E-state index in [2.05, 4.69) is 30.1 Å². The molecule has 0 bridgehead atoms. The average molecular weight is 338 g/mol. The Labute approximate surface area is 139 Å². The summed E-state index contributed by atoms with van der Waals surface area (Å²) in [5, 5.41) is 13.9. The van der Waals surface area contributed by atoms with E-state index in [4.69, 9.17) is 9.26 Å². The second kappa shape index (κ2) is 7.80. The van der Waals surface area contributed by atoms with Crippen LogP contribution in [0, 0.1) is 6.92 Å². The molecule has 8 nitrogen and oxygen atoms in total. The van der Waals surface area contributed by atoms with Crippen molar-refractivity contribution in [1.29, 1.82) is 0 Å². The predicted molar refractivity (Wildman–Crippen MR) is 85.3 cm³/mol. The highest BCUT2D eigenvalue weighted by Crippen LogP contribution is 2.19. The first-order chi connectivity index (χ1) is 11.2. The molecule has 0 aliphatic carbocycles. The minimum absolute atomic E-state index is 0.623. The van der Waals surface area contributed by atoms with Gasteiger partial charge in [-0.3, -0.25) is 9.80 Å². The summed E-state index contributed by atoms with van der Waals surface area (Å²) in [5.41, 5.74) is 0. The molecule has 0 amide bonds. The van der Waals surface area contributed by atoms with E-state index in [1.54, 1.807) is 0 Å². The quantitative estimate of drug-likeness (QED) is 0.780. The Kier molecular flexibility index (Phi) is 5.52. The molecule has 0 saturated carbocycles. The van der Waals surface area contributed by atoms with E-state index in [1.807, 2.05) is 13.8 Å². The number of aryl methyl sites for hydroxylation is 1. The molecule has 126 valence electrons. The van der Waals surface area contributed by atoms with Crippen molar-refractivity contribution in [2.45, 2.75) is 33.4 Å². The van der Waals surface area contributed by atoms with E-state index < -0.39 is 0 Å². The standard InChI is InChI=1S/C14H22N6O2S/c1-3-21-14-17-16-13(23-14)10-20-6-4-5-19(7-8-20)9-12-15-11(2)22-18-12/h3-10H2,1-2H3. The van der Waals surface area contributed by atoms with Gasteiger partial charge in [0.05, 0.1) is 19.7 Å². The summed E-state index contributed by atoms with van der Waals surface area (Å²) >= 11 is 1.53. The first kappa shape index (κ1) is 16.3. The molecule has 0 atom stereocenters. The van der Waals surface area contributed by atoms with Gasteiger partial charge in [0.25, 0.3) is 5.19 Å². The summed E-state index contributed by atoms with van der Waals surface area (Å²) in [6.07, 6.45) is 1.12. The van der Waals surface area contributed by atoms with Crippen LogP contribution in [-0.2, 0) is 13.1 Å². The van der Waals surface area contributed by atoms with Gasteiger partial charge in [-0.2, -0.15) is 4.98 Å². The lowest BCUT2D eigenvalue weighted by molar-refractivity contribution is 0.240. The van der Waals surface area contributed by atoms with E-state index in [-0.39, 0.29) is 0 Å². The molecule has 3 rings (SSSR count). The average Bonchev–Trinajstić information content (AvgIpc) is 3.07. The maximum atomic E-state index is 5.38. The van der Waals surface area contributed by atoms with E-state index in [9.17, 15) is 0 Å². The summed E-state index contributed by atoms with van der Waals surface area (Å²) in [5.74, 6) is 1.39. The Hall–Kier alpha value is -1.58. The van der Waals surface area contributed by atoms with Crippen LogP contribution in [0.5, 0.6) is 5.19 Å². The topological polar surface area (TPSA) is 80.4 Å². The molecule has 1 saturated heterocycles. The highest BCUT2D eigenvalue weighted by atomic mass is 32.1. The maximum Gasteiger partial charge on any atom is 0.294 e. The summed E-state index contributed by atoms with van der Waals surface area (Å²) in [4.78, 5) is 9.06. The summed E-state index contributed by atoms with van der Waals surface area (Å²) in [6.45, 7) is 10.1. The van der Waals surface area contributed by atoms with Gasteiger partial charge in [0.2, 0.25) is 5.89 Å². The zero-order valence-corrected chi connectivity index (χ0v) is 14.4. The number of hydrogen-bond acceptors (Lipinski definition) is 9. The number of rotatable bonds is 6. The highest BCUT2D eigenvalue weighted by Gasteiger charge is 2.18. The fourth-order valence-corrected chi connectivity index (χ4v) is 3.41. The first-order valence-electron chi connectivity index (χ1n) is 7.92. The summed E-state index contributed by atoms with van der Waals surface area (Å²) < 4.78 is 10.4. The maximum absolute atomic E-state index is 5.38. The van der Waals surface area contributed by atoms with Crippen molar-refractivity contribution in [2.75, 3.05) is 32.8 Å². The third-order valence-electron chi connectivity index (χ3n) is 3.69. The lowest BCUT2D eigenvalue weighted by Crippen LogP contribution is -2.30. The smallest absolute Gasteiger partial charge is 0.294 e. The number of ether oxygens (including phenoxy) is 1. The molecule has 1 fully saturated rings. The monoisotopic (exact) mass is 338 g/mol. The Morgan fingerprint density at radius 3 is 2.61 bits per heavy atom. The predicted octanol–water partition coefficient (Wildman–Crippen LogP) is 1.34. The fourth-order valence-electron chi connectivity index (χ4n) is 2.62. The minimum atomic E-state index is 0.623. The third-order valence-corrected chi connectivity index (χ3v) is 4.51. The van der Waals surface area contributed by atoms with Gasteiger partial charge < -0.3 is 9.26 Å². The first-order valence-corrected chi connectivity index (χ1v) is 8.73.